The molecule has 1 aliphatic rings. The zero-order chi connectivity index (χ0) is 21.0. The molecule has 4 nitrogen and oxygen atoms in total. The maximum atomic E-state index is 13.4. The highest BCUT2D eigenvalue weighted by Crippen LogP contribution is 2.28. The Morgan fingerprint density at radius 1 is 0.903 bits per heavy atom. The largest absolute Gasteiger partial charge is 0.368 e. The van der Waals surface area contributed by atoms with Crippen molar-refractivity contribution in [3.63, 3.8) is 0 Å². The molecule has 4 heteroatoms. The first-order valence-electron chi connectivity index (χ1n) is 10.7. The summed E-state index contributed by atoms with van der Waals surface area (Å²) >= 11 is 0. The molecule has 1 atom stereocenters. The van der Waals surface area contributed by atoms with E-state index in [1.807, 2.05) is 65.7 Å². The SMILES string of the molecule is O=C(C1CCCO1)N(Cc1ccnc2ccccc12)c1ccc(-c2ccccc2)cc1. The van der Waals surface area contributed by atoms with E-state index < -0.39 is 0 Å². The second-order valence-electron chi connectivity index (χ2n) is 7.83. The van der Waals surface area contributed by atoms with Crippen molar-refractivity contribution >= 4 is 22.5 Å². The molecule has 0 radical (unpaired) electrons. The normalized spacial score (nSPS) is 15.8. The Kier molecular flexibility index (Phi) is 5.46. The first-order valence-corrected chi connectivity index (χ1v) is 10.7. The van der Waals surface area contributed by atoms with E-state index in [9.17, 15) is 4.79 Å². The number of carbonyl (C=O) groups excluding carboxylic acids is 1. The van der Waals surface area contributed by atoms with Crippen molar-refractivity contribution in [2.75, 3.05) is 11.5 Å². The van der Waals surface area contributed by atoms with Crippen molar-refractivity contribution < 1.29 is 9.53 Å². The van der Waals surface area contributed by atoms with Crippen molar-refractivity contribution in [1.82, 2.24) is 4.98 Å². The number of rotatable bonds is 5. The van der Waals surface area contributed by atoms with Crippen LogP contribution in [0.4, 0.5) is 5.69 Å². The maximum Gasteiger partial charge on any atom is 0.256 e. The fourth-order valence-electron chi connectivity index (χ4n) is 4.17. The van der Waals surface area contributed by atoms with Crippen molar-refractivity contribution in [3.05, 3.63) is 96.7 Å². The number of nitrogens with zero attached hydrogens (tertiary/aromatic N) is 2. The number of hydrogen-bond donors (Lipinski definition) is 0. The quantitative estimate of drug-likeness (QED) is 0.431. The van der Waals surface area contributed by atoms with Crippen LogP contribution in [0.3, 0.4) is 0 Å². The molecule has 1 aromatic heterocycles. The molecule has 4 aromatic rings. The highest BCUT2D eigenvalue weighted by atomic mass is 16.5. The van der Waals surface area contributed by atoms with Crippen LogP contribution in [0.15, 0.2) is 91.1 Å². The van der Waals surface area contributed by atoms with Crippen LogP contribution in [-0.2, 0) is 16.1 Å². The second-order valence-corrected chi connectivity index (χ2v) is 7.83. The van der Waals surface area contributed by atoms with Crippen molar-refractivity contribution in [2.24, 2.45) is 0 Å². The first-order chi connectivity index (χ1) is 15.3. The lowest BCUT2D eigenvalue weighted by Crippen LogP contribution is -2.38. The van der Waals surface area contributed by atoms with Gasteiger partial charge in [0.15, 0.2) is 0 Å². The smallest absolute Gasteiger partial charge is 0.256 e. The van der Waals surface area contributed by atoms with Gasteiger partial charge in [-0.05, 0) is 53.8 Å². The summed E-state index contributed by atoms with van der Waals surface area (Å²) in [6.07, 6.45) is 3.14. The number of pyridine rings is 1. The van der Waals surface area contributed by atoms with E-state index in [-0.39, 0.29) is 12.0 Å². The van der Waals surface area contributed by atoms with Gasteiger partial charge in [-0.15, -0.1) is 0 Å². The minimum absolute atomic E-state index is 0.0193. The van der Waals surface area contributed by atoms with Gasteiger partial charge in [-0.1, -0.05) is 60.7 Å². The Labute approximate surface area is 182 Å². The van der Waals surface area contributed by atoms with Gasteiger partial charge in [0.2, 0.25) is 0 Å². The molecule has 154 valence electrons. The fourth-order valence-corrected chi connectivity index (χ4v) is 4.17. The standard InChI is InChI=1S/C27H24N2O2/c30-27(26-11-6-18-31-26)29(19-22-16-17-28-25-10-5-4-9-24(22)25)23-14-12-21(13-15-23)20-7-2-1-3-8-20/h1-5,7-10,12-17,26H,6,11,18-19H2. The number of aromatic nitrogens is 1. The minimum atomic E-state index is -0.373. The topological polar surface area (TPSA) is 42.4 Å². The Morgan fingerprint density at radius 2 is 1.65 bits per heavy atom. The average Bonchev–Trinajstić information content (AvgIpc) is 3.38. The molecular formula is C27H24N2O2. The third-order valence-electron chi connectivity index (χ3n) is 5.83. The van der Waals surface area contributed by atoms with Crippen molar-refractivity contribution in [1.29, 1.82) is 0 Å². The summed E-state index contributed by atoms with van der Waals surface area (Å²) in [6.45, 7) is 1.13. The molecule has 0 spiro atoms. The lowest BCUT2D eigenvalue weighted by atomic mass is 10.0. The number of benzene rings is 3. The molecule has 1 aliphatic heterocycles. The molecule has 1 amide bonds. The fraction of sp³-hybridized carbons (Fsp3) is 0.185. The maximum absolute atomic E-state index is 13.4. The van der Waals surface area contributed by atoms with Gasteiger partial charge in [0.25, 0.3) is 5.91 Å². The van der Waals surface area contributed by atoms with Gasteiger partial charge >= 0.3 is 0 Å². The molecule has 0 saturated carbocycles. The summed E-state index contributed by atoms with van der Waals surface area (Å²) in [7, 11) is 0. The van der Waals surface area contributed by atoms with E-state index in [0.29, 0.717) is 13.2 Å². The molecule has 1 fully saturated rings. The van der Waals surface area contributed by atoms with Gasteiger partial charge in [0.1, 0.15) is 6.10 Å². The predicted molar refractivity (Wildman–Crippen MR) is 124 cm³/mol. The molecule has 0 aliphatic carbocycles. The summed E-state index contributed by atoms with van der Waals surface area (Å²) in [6, 6.07) is 28.5. The Balaban J connectivity index is 1.50. The number of anilines is 1. The Morgan fingerprint density at radius 3 is 2.42 bits per heavy atom. The van der Waals surface area contributed by atoms with Crippen LogP contribution >= 0.6 is 0 Å². The summed E-state index contributed by atoms with van der Waals surface area (Å²) in [4.78, 5) is 19.7. The molecule has 1 unspecified atom stereocenters. The third kappa shape index (κ3) is 4.07. The summed E-state index contributed by atoms with van der Waals surface area (Å²) < 4.78 is 5.73. The number of fused-ring (bicyclic) bond motifs is 1. The monoisotopic (exact) mass is 408 g/mol. The molecule has 2 heterocycles. The van der Waals surface area contributed by atoms with E-state index in [4.69, 9.17) is 4.74 Å². The van der Waals surface area contributed by atoms with Gasteiger partial charge in [-0.25, -0.2) is 0 Å². The highest BCUT2D eigenvalue weighted by molar-refractivity contribution is 5.97. The van der Waals surface area contributed by atoms with Crippen LogP contribution < -0.4 is 4.90 Å². The van der Waals surface area contributed by atoms with E-state index in [0.717, 1.165) is 46.1 Å². The number of ether oxygens (including phenoxy) is 1. The van der Waals surface area contributed by atoms with E-state index in [1.54, 1.807) is 0 Å². The molecule has 0 bridgehead atoms. The van der Waals surface area contributed by atoms with Crippen LogP contribution in [0.25, 0.3) is 22.0 Å². The highest BCUT2D eigenvalue weighted by Gasteiger charge is 2.29. The Hall–Kier alpha value is -3.50. The van der Waals surface area contributed by atoms with Gasteiger partial charge < -0.3 is 9.64 Å². The molecule has 5 rings (SSSR count). The van der Waals surface area contributed by atoms with E-state index in [2.05, 4.69) is 35.3 Å². The summed E-state index contributed by atoms with van der Waals surface area (Å²) in [5.41, 5.74) is 5.17. The molecular weight excluding hydrogens is 384 g/mol. The average molecular weight is 409 g/mol. The zero-order valence-electron chi connectivity index (χ0n) is 17.3. The molecule has 0 N–H and O–H groups in total. The predicted octanol–water partition coefficient (Wildman–Crippen LogP) is 5.61. The van der Waals surface area contributed by atoms with E-state index >= 15 is 0 Å². The number of hydrogen-bond acceptors (Lipinski definition) is 3. The zero-order valence-corrected chi connectivity index (χ0v) is 17.3. The number of amides is 1. The third-order valence-corrected chi connectivity index (χ3v) is 5.83. The van der Waals surface area contributed by atoms with Gasteiger partial charge in [0.05, 0.1) is 12.1 Å². The molecule has 1 saturated heterocycles. The van der Waals surface area contributed by atoms with Crippen LogP contribution in [0.1, 0.15) is 18.4 Å². The number of para-hydroxylation sites is 1. The van der Waals surface area contributed by atoms with Crippen LogP contribution in [-0.4, -0.2) is 23.6 Å². The van der Waals surface area contributed by atoms with Crippen LogP contribution in [0.5, 0.6) is 0 Å². The van der Waals surface area contributed by atoms with Gasteiger partial charge in [-0.3, -0.25) is 9.78 Å². The lowest BCUT2D eigenvalue weighted by Gasteiger charge is -2.26. The first kappa shape index (κ1) is 19.5. The van der Waals surface area contributed by atoms with Gasteiger partial charge in [-0.2, -0.15) is 0 Å². The van der Waals surface area contributed by atoms with Crippen molar-refractivity contribution in [2.45, 2.75) is 25.5 Å². The summed E-state index contributed by atoms with van der Waals surface area (Å²) in [5.74, 6) is 0.0193. The van der Waals surface area contributed by atoms with E-state index in [1.165, 1.54) is 0 Å². The van der Waals surface area contributed by atoms with Crippen LogP contribution in [0, 0.1) is 0 Å². The lowest BCUT2D eigenvalue weighted by molar-refractivity contribution is -0.127. The summed E-state index contributed by atoms with van der Waals surface area (Å²) in [5, 5.41) is 1.07. The van der Waals surface area contributed by atoms with Crippen molar-refractivity contribution in [3.8, 4) is 11.1 Å². The van der Waals surface area contributed by atoms with Crippen LogP contribution in [0.2, 0.25) is 0 Å². The second kappa shape index (κ2) is 8.70. The van der Waals surface area contributed by atoms with Gasteiger partial charge in [0, 0.05) is 23.9 Å². The molecule has 3 aromatic carbocycles. The Bertz CT molecular complexity index is 1180. The molecule has 31 heavy (non-hydrogen) atoms. The minimum Gasteiger partial charge on any atom is -0.368 e. The number of carbonyl (C=O) groups is 1.